The fourth-order valence-electron chi connectivity index (χ4n) is 3.80. The second kappa shape index (κ2) is 9.30. The zero-order chi connectivity index (χ0) is 21.0. The van der Waals surface area contributed by atoms with E-state index in [1.807, 2.05) is 0 Å². The molecule has 0 spiro atoms. The van der Waals surface area contributed by atoms with Gasteiger partial charge >= 0.3 is 6.18 Å². The van der Waals surface area contributed by atoms with Crippen LogP contribution in [0.5, 0.6) is 0 Å². The Balaban J connectivity index is 1.72. The molecule has 0 unspecified atom stereocenters. The monoisotopic (exact) mass is 471 g/mol. The van der Waals surface area contributed by atoms with Gasteiger partial charge in [0, 0.05) is 6.54 Å². The first kappa shape index (κ1) is 21.8. The van der Waals surface area contributed by atoms with Crippen LogP contribution in [0, 0.1) is 11.8 Å². The number of anilines is 2. The number of aromatic nitrogens is 2. The van der Waals surface area contributed by atoms with Crippen molar-refractivity contribution in [2.45, 2.75) is 44.8 Å². The Morgan fingerprint density at radius 1 is 1.07 bits per heavy atom. The van der Waals surface area contributed by atoms with Crippen molar-refractivity contribution >= 4 is 27.7 Å². The number of nitrogen functional groups attached to an aromatic ring is 1. The Hall–Kier alpha value is -1.87. The van der Waals surface area contributed by atoms with Crippen LogP contribution in [0.2, 0.25) is 0 Å². The van der Waals surface area contributed by atoms with Crippen molar-refractivity contribution in [2.24, 2.45) is 17.6 Å². The number of hydrogen-bond donors (Lipinski definition) is 3. The zero-order valence-corrected chi connectivity index (χ0v) is 17.6. The van der Waals surface area contributed by atoms with Gasteiger partial charge in [-0.15, -0.1) is 0 Å². The fraction of sp³-hybridized carbons (Fsp3) is 0.500. The van der Waals surface area contributed by atoms with Gasteiger partial charge in [0.2, 0.25) is 5.95 Å². The second-order valence-electron chi connectivity index (χ2n) is 7.53. The number of rotatable bonds is 6. The number of nitrogens with one attached hydrogen (secondary N) is 1. The van der Waals surface area contributed by atoms with Crippen molar-refractivity contribution in [2.75, 3.05) is 17.6 Å². The summed E-state index contributed by atoms with van der Waals surface area (Å²) in [6, 6.07) is 5.45. The van der Waals surface area contributed by atoms with E-state index in [2.05, 4.69) is 31.2 Å². The molecule has 3 rings (SSSR count). The molecule has 158 valence electrons. The molecule has 1 heterocycles. The first-order chi connectivity index (χ1) is 13.8. The Labute approximate surface area is 176 Å². The van der Waals surface area contributed by atoms with Crippen LogP contribution in [0.1, 0.15) is 42.5 Å². The molecule has 1 fully saturated rings. The molecular weight excluding hydrogens is 447 g/mol. The van der Waals surface area contributed by atoms with Gasteiger partial charge in [0.1, 0.15) is 5.82 Å². The fourth-order valence-corrected chi connectivity index (χ4v) is 4.14. The molecule has 0 saturated heterocycles. The normalized spacial score (nSPS) is 19.9. The molecule has 0 bridgehead atoms. The van der Waals surface area contributed by atoms with E-state index < -0.39 is 11.7 Å². The van der Waals surface area contributed by atoms with Crippen molar-refractivity contribution in [3.8, 4) is 0 Å². The van der Waals surface area contributed by atoms with Crippen molar-refractivity contribution in [1.82, 2.24) is 9.97 Å². The summed E-state index contributed by atoms with van der Waals surface area (Å²) in [4.78, 5) is 8.69. The highest BCUT2D eigenvalue weighted by molar-refractivity contribution is 9.10. The summed E-state index contributed by atoms with van der Waals surface area (Å²) in [5.74, 6) is 1.59. The lowest BCUT2D eigenvalue weighted by molar-refractivity contribution is -0.138. The molecule has 29 heavy (non-hydrogen) atoms. The van der Waals surface area contributed by atoms with Crippen molar-refractivity contribution in [3.05, 3.63) is 45.6 Å². The molecule has 1 saturated carbocycles. The molecule has 5 nitrogen and oxygen atoms in total. The van der Waals surface area contributed by atoms with Gasteiger partial charge in [-0.1, -0.05) is 18.2 Å². The minimum absolute atomic E-state index is 0.0438. The van der Waals surface area contributed by atoms with E-state index in [-0.39, 0.29) is 23.9 Å². The Morgan fingerprint density at radius 2 is 1.72 bits per heavy atom. The van der Waals surface area contributed by atoms with Crippen LogP contribution in [0.4, 0.5) is 24.9 Å². The van der Waals surface area contributed by atoms with Crippen molar-refractivity contribution < 1.29 is 13.2 Å². The maximum absolute atomic E-state index is 13.2. The second-order valence-corrected chi connectivity index (χ2v) is 8.32. The van der Waals surface area contributed by atoms with Gasteiger partial charge < -0.3 is 16.8 Å². The van der Waals surface area contributed by atoms with E-state index in [9.17, 15) is 13.2 Å². The van der Waals surface area contributed by atoms with Crippen LogP contribution < -0.4 is 16.8 Å². The summed E-state index contributed by atoms with van der Waals surface area (Å²) in [7, 11) is 0. The quantitative estimate of drug-likeness (QED) is 0.564. The van der Waals surface area contributed by atoms with Gasteiger partial charge in [0.25, 0.3) is 0 Å². The summed E-state index contributed by atoms with van der Waals surface area (Å²) in [5.41, 5.74) is 12.0. The molecule has 0 atom stereocenters. The van der Waals surface area contributed by atoms with E-state index in [0.29, 0.717) is 16.3 Å². The summed E-state index contributed by atoms with van der Waals surface area (Å²) >= 11 is 3.45. The third-order valence-corrected chi connectivity index (χ3v) is 6.35. The third-order valence-electron chi connectivity index (χ3n) is 5.49. The molecule has 1 aromatic carbocycles. The molecule has 1 aliphatic carbocycles. The van der Waals surface area contributed by atoms with E-state index in [1.165, 1.54) is 12.1 Å². The summed E-state index contributed by atoms with van der Waals surface area (Å²) in [5, 5.41) is 2.90. The highest BCUT2D eigenvalue weighted by atomic mass is 79.9. The lowest BCUT2D eigenvalue weighted by Gasteiger charge is -2.27. The number of benzene rings is 1. The molecule has 0 aliphatic heterocycles. The number of alkyl halides is 3. The predicted octanol–water partition coefficient (Wildman–Crippen LogP) is 4.76. The van der Waals surface area contributed by atoms with E-state index >= 15 is 0 Å². The largest absolute Gasteiger partial charge is 0.416 e. The summed E-state index contributed by atoms with van der Waals surface area (Å²) < 4.78 is 40.2. The van der Waals surface area contributed by atoms with Gasteiger partial charge in [-0.3, -0.25) is 0 Å². The van der Waals surface area contributed by atoms with Crippen LogP contribution in [-0.2, 0) is 19.1 Å². The van der Waals surface area contributed by atoms with Gasteiger partial charge in [0.05, 0.1) is 15.7 Å². The average molecular weight is 472 g/mol. The van der Waals surface area contributed by atoms with Crippen LogP contribution >= 0.6 is 15.9 Å². The highest BCUT2D eigenvalue weighted by Gasteiger charge is 2.32. The summed E-state index contributed by atoms with van der Waals surface area (Å²) in [6.45, 7) is 0.683. The highest BCUT2D eigenvalue weighted by Crippen LogP contribution is 2.34. The first-order valence-corrected chi connectivity index (χ1v) is 10.5. The molecule has 9 heteroatoms. The Morgan fingerprint density at radius 3 is 2.38 bits per heavy atom. The minimum Gasteiger partial charge on any atom is -0.383 e. The topological polar surface area (TPSA) is 89.8 Å². The molecule has 5 N–H and O–H groups in total. The average Bonchev–Trinajstić information content (AvgIpc) is 2.70. The number of halogens is 4. The van der Waals surface area contributed by atoms with Crippen molar-refractivity contribution in [3.63, 3.8) is 0 Å². The van der Waals surface area contributed by atoms with Crippen molar-refractivity contribution in [1.29, 1.82) is 0 Å². The number of nitrogens with two attached hydrogens (primary N) is 2. The SMILES string of the molecule is NCC1CCC(Cc2nc(NCc3ccccc3C(F)(F)F)nc(N)c2Br)CC1. The Kier molecular flexibility index (Phi) is 7.00. The molecule has 1 aromatic heterocycles. The number of hydrogen-bond acceptors (Lipinski definition) is 5. The molecule has 2 aromatic rings. The first-order valence-electron chi connectivity index (χ1n) is 9.68. The number of nitrogens with zero attached hydrogens (tertiary/aromatic N) is 2. The van der Waals surface area contributed by atoms with E-state index in [1.54, 1.807) is 6.07 Å². The predicted molar refractivity (Wildman–Crippen MR) is 111 cm³/mol. The van der Waals surface area contributed by atoms with Crippen LogP contribution in [0.15, 0.2) is 28.7 Å². The van der Waals surface area contributed by atoms with Gasteiger partial charge in [-0.2, -0.15) is 18.2 Å². The lowest BCUT2D eigenvalue weighted by Crippen LogP contribution is -2.23. The van der Waals surface area contributed by atoms with Crippen LogP contribution in [0.25, 0.3) is 0 Å². The van der Waals surface area contributed by atoms with Gasteiger partial charge in [-0.05, 0) is 78.0 Å². The Bertz CT molecular complexity index is 835. The zero-order valence-electron chi connectivity index (χ0n) is 16.0. The van der Waals surface area contributed by atoms with E-state index in [4.69, 9.17) is 11.5 Å². The van der Waals surface area contributed by atoms with Crippen LogP contribution in [-0.4, -0.2) is 16.5 Å². The standard InChI is InChI=1S/C20H25BrF3N5/c21-17-16(9-12-5-7-13(10-25)8-6-12)28-19(29-18(17)26)27-11-14-3-1-2-4-15(14)20(22,23)24/h1-4,12-13H,5-11,25H2,(H3,26,27,28,29). The molecule has 0 radical (unpaired) electrons. The van der Waals surface area contributed by atoms with Crippen LogP contribution in [0.3, 0.4) is 0 Å². The molecule has 0 amide bonds. The smallest absolute Gasteiger partial charge is 0.383 e. The third kappa shape index (κ3) is 5.60. The lowest BCUT2D eigenvalue weighted by atomic mass is 9.80. The maximum Gasteiger partial charge on any atom is 0.416 e. The van der Waals surface area contributed by atoms with Gasteiger partial charge in [-0.25, -0.2) is 4.98 Å². The molecule has 1 aliphatic rings. The molecular formula is C20H25BrF3N5. The van der Waals surface area contributed by atoms with Gasteiger partial charge in [0.15, 0.2) is 0 Å². The maximum atomic E-state index is 13.2. The summed E-state index contributed by atoms with van der Waals surface area (Å²) in [6.07, 6.45) is 0.723. The minimum atomic E-state index is -4.41. The van der Waals surface area contributed by atoms with E-state index in [0.717, 1.165) is 50.4 Å².